The van der Waals surface area contributed by atoms with Crippen molar-refractivity contribution in [1.29, 1.82) is 0 Å². The van der Waals surface area contributed by atoms with Crippen LogP contribution in [0.15, 0.2) is 40.2 Å². The Hall–Kier alpha value is -1.66. The molecule has 4 nitrogen and oxygen atoms in total. The molecule has 0 radical (unpaired) electrons. The van der Waals surface area contributed by atoms with Gasteiger partial charge in [-0.15, -0.1) is 11.3 Å². The zero-order chi connectivity index (χ0) is 15.0. The van der Waals surface area contributed by atoms with Crippen molar-refractivity contribution in [1.82, 2.24) is 4.90 Å². The van der Waals surface area contributed by atoms with Gasteiger partial charge in [0, 0.05) is 10.4 Å². The molecule has 1 N–H and O–H groups in total. The maximum Gasteiger partial charge on any atom is 0.305 e. The lowest BCUT2D eigenvalue weighted by Gasteiger charge is -2.23. The molecule has 0 saturated heterocycles. The minimum absolute atomic E-state index is 0.0741. The van der Waals surface area contributed by atoms with Gasteiger partial charge < -0.3 is 10.0 Å². The van der Waals surface area contributed by atoms with Crippen molar-refractivity contribution >= 4 is 39.1 Å². The highest BCUT2D eigenvalue weighted by Crippen LogP contribution is 2.38. The van der Waals surface area contributed by atoms with Crippen LogP contribution in [-0.2, 0) is 11.3 Å². The van der Waals surface area contributed by atoms with E-state index in [0.29, 0.717) is 12.1 Å². The Morgan fingerprint density at radius 3 is 2.71 bits per heavy atom. The quantitative estimate of drug-likeness (QED) is 0.898. The van der Waals surface area contributed by atoms with Crippen LogP contribution in [0.1, 0.15) is 33.3 Å². The van der Waals surface area contributed by atoms with E-state index in [2.05, 4.69) is 15.9 Å². The topological polar surface area (TPSA) is 57.6 Å². The molecule has 6 heteroatoms. The molecule has 3 rings (SSSR count). The fourth-order valence-corrected chi connectivity index (χ4v) is 4.10. The summed E-state index contributed by atoms with van der Waals surface area (Å²) in [5, 5.41) is 9.13. The van der Waals surface area contributed by atoms with Crippen molar-refractivity contribution in [3.05, 3.63) is 56.2 Å². The minimum atomic E-state index is -0.901. The van der Waals surface area contributed by atoms with Gasteiger partial charge in [-0.25, -0.2) is 0 Å². The Kier molecular flexibility index (Phi) is 3.82. The number of hydrogen-bond donors (Lipinski definition) is 1. The highest BCUT2D eigenvalue weighted by atomic mass is 79.9. The number of benzene rings is 1. The summed E-state index contributed by atoms with van der Waals surface area (Å²) in [4.78, 5) is 26.3. The van der Waals surface area contributed by atoms with Crippen LogP contribution in [0.25, 0.3) is 0 Å². The third-order valence-corrected chi connectivity index (χ3v) is 5.12. The van der Waals surface area contributed by atoms with Crippen LogP contribution in [0.5, 0.6) is 0 Å². The van der Waals surface area contributed by atoms with Crippen molar-refractivity contribution in [2.45, 2.75) is 19.0 Å². The molecule has 1 unspecified atom stereocenters. The van der Waals surface area contributed by atoms with Gasteiger partial charge in [-0.3, -0.25) is 9.59 Å². The zero-order valence-corrected chi connectivity index (χ0v) is 13.4. The Morgan fingerprint density at radius 2 is 2.05 bits per heavy atom. The second kappa shape index (κ2) is 5.61. The largest absolute Gasteiger partial charge is 0.481 e. The summed E-state index contributed by atoms with van der Waals surface area (Å²) in [6, 6.07) is 10.7. The third-order valence-electron chi connectivity index (χ3n) is 3.51. The number of carbonyl (C=O) groups is 2. The first-order valence-corrected chi connectivity index (χ1v) is 8.03. The number of hydrogen-bond acceptors (Lipinski definition) is 3. The highest BCUT2D eigenvalue weighted by molar-refractivity contribution is 9.11. The van der Waals surface area contributed by atoms with E-state index in [-0.39, 0.29) is 12.3 Å². The molecule has 108 valence electrons. The fourth-order valence-electron chi connectivity index (χ4n) is 2.62. The lowest BCUT2D eigenvalue weighted by atomic mass is 10.0. The summed E-state index contributed by atoms with van der Waals surface area (Å²) in [7, 11) is 0. The number of amides is 1. The number of carboxylic acid groups (broad SMARTS) is 1. The normalized spacial score (nSPS) is 17.1. The molecule has 1 amide bonds. The number of fused-ring (bicyclic) bond motifs is 1. The molecule has 2 aromatic rings. The van der Waals surface area contributed by atoms with Gasteiger partial charge in [0.25, 0.3) is 5.91 Å². The summed E-state index contributed by atoms with van der Waals surface area (Å²) in [6.45, 7) is 0.432. The van der Waals surface area contributed by atoms with Gasteiger partial charge >= 0.3 is 5.97 Å². The Balaban J connectivity index is 1.94. The SMILES string of the molecule is O=C(O)CC1c2ccccc2C(=O)N1Cc1ccc(Br)s1. The van der Waals surface area contributed by atoms with E-state index in [4.69, 9.17) is 5.11 Å². The van der Waals surface area contributed by atoms with Gasteiger partial charge in [0.05, 0.1) is 22.8 Å². The lowest BCUT2D eigenvalue weighted by Crippen LogP contribution is -2.28. The summed E-state index contributed by atoms with van der Waals surface area (Å²) in [5.41, 5.74) is 1.42. The number of halogens is 1. The van der Waals surface area contributed by atoms with E-state index in [1.807, 2.05) is 24.3 Å². The Bertz CT molecular complexity index is 712. The van der Waals surface area contributed by atoms with E-state index in [1.165, 1.54) is 0 Å². The van der Waals surface area contributed by atoms with Crippen LogP contribution in [0.2, 0.25) is 0 Å². The van der Waals surface area contributed by atoms with Gasteiger partial charge in [0.2, 0.25) is 0 Å². The fraction of sp³-hybridized carbons (Fsp3) is 0.200. The van der Waals surface area contributed by atoms with E-state index in [0.717, 1.165) is 14.2 Å². The Labute approximate surface area is 134 Å². The molecule has 1 aliphatic rings. The lowest BCUT2D eigenvalue weighted by molar-refractivity contribution is -0.138. The van der Waals surface area contributed by atoms with E-state index >= 15 is 0 Å². The second-order valence-corrected chi connectivity index (χ2v) is 7.39. The van der Waals surface area contributed by atoms with Crippen LogP contribution in [0, 0.1) is 0 Å². The van der Waals surface area contributed by atoms with Crippen molar-refractivity contribution in [3.8, 4) is 0 Å². The van der Waals surface area contributed by atoms with Crippen LogP contribution in [-0.4, -0.2) is 21.9 Å². The van der Waals surface area contributed by atoms with Crippen LogP contribution >= 0.6 is 27.3 Å². The van der Waals surface area contributed by atoms with Gasteiger partial charge in [-0.05, 0) is 39.7 Å². The molecular formula is C15H12BrNO3S. The minimum Gasteiger partial charge on any atom is -0.481 e. The highest BCUT2D eigenvalue weighted by Gasteiger charge is 2.37. The molecule has 21 heavy (non-hydrogen) atoms. The predicted octanol–water partition coefficient (Wildman–Crippen LogP) is 3.68. The van der Waals surface area contributed by atoms with Crippen LogP contribution < -0.4 is 0 Å². The van der Waals surface area contributed by atoms with Gasteiger partial charge in [-0.1, -0.05) is 18.2 Å². The number of nitrogens with zero attached hydrogens (tertiary/aromatic N) is 1. The first-order valence-electron chi connectivity index (χ1n) is 6.42. The van der Waals surface area contributed by atoms with E-state index < -0.39 is 12.0 Å². The van der Waals surface area contributed by atoms with E-state index in [9.17, 15) is 9.59 Å². The molecule has 0 spiro atoms. The average molecular weight is 366 g/mol. The standard InChI is InChI=1S/C15H12BrNO3S/c16-13-6-5-9(21-13)8-17-12(7-14(18)19)10-3-1-2-4-11(10)15(17)20/h1-6,12H,7-8H2,(H,18,19). The summed E-state index contributed by atoms with van der Waals surface area (Å²) >= 11 is 4.95. The zero-order valence-electron chi connectivity index (χ0n) is 11.0. The predicted molar refractivity (Wildman–Crippen MR) is 83.3 cm³/mol. The van der Waals surface area contributed by atoms with Crippen molar-refractivity contribution in [2.75, 3.05) is 0 Å². The molecule has 2 heterocycles. The first kappa shape index (κ1) is 14.3. The molecular weight excluding hydrogens is 354 g/mol. The number of rotatable bonds is 4. The smallest absolute Gasteiger partial charge is 0.305 e. The maximum atomic E-state index is 12.5. The molecule has 1 atom stereocenters. The number of thiophene rings is 1. The Morgan fingerprint density at radius 1 is 1.29 bits per heavy atom. The third kappa shape index (κ3) is 2.73. The first-order chi connectivity index (χ1) is 10.1. The summed E-state index contributed by atoms with van der Waals surface area (Å²) in [5.74, 6) is -0.997. The number of carboxylic acids is 1. The monoisotopic (exact) mass is 365 g/mol. The van der Waals surface area contributed by atoms with Crippen LogP contribution in [0.4, 0.5) is 0 Å². The molecule has 0 fully saturated rings. The number of aliphatic carboxylic acids is 1. The molecule has 0 saturated carbocycles. The average Bonchev–Trinajstić information content (AvgIpc) is 2.96. The van der Waals surface area contributed by atoms with Gasteiger partial charge in [-0.2, -0.15) is 0 Å². The molecule has 1 aromatic heterocycles. The molecule has 1 aromatic carbocycles. The molecule has 0 bridgehead atoms. The van der Waals surface area contributed by atoms with Crippen molar-refractivity contribution in [3.63, 3.8) is 0 Å². The number of carbonyl (C=O) groups excluding carboxylic acids is 1. The summed E-state index contributed by atoms with van der Waals surface area (Å²) in [6.07, 6.45) is -0.0741. The maximum absolute atomic E-state index is 12.5. The van der Waals surface area contributed by atoms with Crippen molar-refractivity contribution < 1.29 is 14.7 Å². The van der Waals surface area contributed by atoms with Gasteiger partial charge in [0.1, 0.15) is 0 Å². The second-order valence-electron chi connectivity index (χ2n) is 4.84. The van der Waals surface area contributed by atoms with Crippen LogP contribution in [0.3, 0.4) is 0 Å². The van der Waals surface area contributed by atoms with E-state index in [1.54, 1.807) is 28.4 Å². The molecule has 0 aliphatic carbocycles. The molecule has 1 aliphatic heterocycles. The van der Waals surface area contributed by atoms with Gasteiger partial charge in [0.15, 0.2) is 0 Å². The summed E-state index contributed by atoms with van der Waals surface area (Å²) < 4.78 is 0.997. The van der Waals surface area contributed by atoms with Crippen molar-refractivity contribution in [2.24, 2.45) is 0 Å².